The van der Waals surface area contributed by atoms with Crippen LogP contribution in [0.15, 0.2) is 55.8 Å². The minimum atomic E-state index is -0.785. The van der Waals surface area contributed by atoms with Gasteiger partial charge in [0.05, 0.1) is 37.1 Å². The van der Waals surface area contributed by atoms with Crippen LogP contribution in [0.3, 0.4) is 0 Å². The van der Waals surface area contributed by atoms with Gasteiger partial charge in [-0.05, 0) is 44.4 Å². The number of fused-ring (bicyclic) bond motifs is 1. The van der Waals surface area contributed by atoms with E-state index in [1.165, 1.54) is 36.5 Å². The largest absolute Gasteiger partial charge is 0.497 e. The van der Waals surface area contributed by atoms with E-state index in [1.54, 1.807) is 38.3 Å². The zero-order chi connectivity index (χ0) is 26.1. The van der Waals surface area contributed by atoms with Gasteiger partial charge in [0.1, 0.15) is 23.3 Å². The number of rotatable bonds is 6. The third-order valence-corrected chi connectivity index (χ3v) is 7.70. The van der Waals surface area contributed by atoms with E-state index in [0.717, 1.165) is 31.8 Å². The molecule has 37 heavy (non-hydrogen) atoms. The maximum atomic E-state index is 13.8. The molecular formula is C27H29N3O6S. The fraction of sp³-hybridized carbons (Fsp3) is 0.370. The Kier molecular flexibility index (Phi) is 6.92. The Morgan fingerprint density at radius 2 is 1.89 bits per heavy atom. The molecule has 0 N–H and O–H groups in total. The molecule has 0 aliphatic carbocycles. The van der Waals surface area contributed by atoms with Gasteiger partial charge in [0.15, 0.2) is 10.7 Å². The SMILES string of the molecule is COC(=O)C1=C(C)N=c2s/c(=C\c3ccc(N4CCCCC4)o3)c(=O)n2C1c1ccc(OC)cc1OC. The van der Waals surface area contributed by atoms with E-state index < -0.39 is 12.0 Å². The van der Waals surface area contributed by atoms with Crippen molar-refractivity contribution < 1.29 is 23.4 Å². The van der Waals surface area contributed by atoms with E-state index in [4.69, 9.17) is 18.6 Å². The number of anilines is 1. The van der Waals surface area contributed by atoms with E-state index in [1.807, 2.05) is 12.1 Å². The summed E-state index contributed by atoms with van der Waals surface area (Å²) in [5, 5.41) is 0. The molecule has 2 aliphatic rings. The molecule has 0 saturated carbocycles. The lowest BCUT2D eigenvalue weighted by molar-refractivity contribution is -0.136. The highest BCUT2D eigenvalue weighted by Gasteiger charge is 2.35. The van der Waals surface area contributed by atoms with Gasteiger partial charge in [-0.1, -0.05) is 11.3 Å². The second-order valence-electron chi connectivity index (χ2n) is 8.90. The summed E-state index contributed by atoms with van der Waals surface area (Å²) in [5.74, 6) is 1.91. The zero-order valence-corrected chi connectivity index (χ0v) is 22.1. The molecule has 1 unspecified atom stereocenters. The summed E-state index contributed by atoms with van der Waals surface area (Å²) < 4.78 is 24.1. The van der Waals surface area contributed by atoms with Crippen LogP contribution in [-0.4, -0.2) is 45.0 Å². The molecule has 194 valence electrons. The van der Waals surface area contributed by atoms with E-state index in [-0.39, 0.29) is 11.1 Å². The Morgan fingerprint density at radius 3 is 2.59 bits per heavy atom. The van der Waals surface area contributed by atoms with Gasteiger partial charge in [0.25, 0.3) is 5.56 Å². The number of allylic oxidation sites excluding steroid dienone is 1. The topological polar surface area (TPSA) is 95.5 Å². The van der Waals surface area contributed by atoms with Crippen LogP contribution in [0.1, 0.15) is 43.6 Å². The van der Waals surface area contributed by atoms with E-state index in [0.29, 0.717) is 37.9 Å². The van der Waals surface area contributed by atoms with Crippen LogP contribution >= 0.6 is 11.3 Å². The van der Waals surface area contributed by atoms with Gasteiger partial charge >= 0.3 is 5.97 Å². The van der Waals surface area contributed by atoms with Crippen LogP contribution < -0.4 is 29.3 Å². The van der Waals surface area contributed by atoms with Crippen molar-refractivity contribution in [2.24, 2.45) is 4.99 Å². The molecule has 1 atom stereocenters. The highest BCUT2D eigenvalue weighted by Crippen LogP contribution is 2.37. The first-order valence-corrected chi connectivity index (χ1v) is 12.9. The molecule has 10 heteroatoms. The number of aromatic nitrogens is 1. The first kappa shape index (κ1) is 24.9. The van der Waals surface area contributed by atoms with Gasteiger partial charge in [-0.25, -0.2) is 9.79 Å². The average Bonchev–Trinajstić information content (AvgIpc) is 3.52. The van der Waals surface area contributed by atoms with Crippen molar-refractivity contribution in [3.05, 3.63) is 72.6 Å². The van der Waals surface area contributed by atoms with Gasteiger partial charge in [0.2, 0.25) is 0 Å². The van der Waals surface area contributed by atoms with Crippen molar-refractivity contribution >= 4 is 29.3 Å². The van der Waals surface area contributed by atoms with Crippen LogP contribution in [0.4, 0.5) is 5.88 Å². The Morgan fingerprint density at radius 1 is 1.11 bits per heavy atom. The van der Waals surface area contributed by atoms with Crippen molar-refractivity contribution in [3.63, 3.8) is 0 Å². The number of esters is 1. The lowest BCUT2D eigenvalue weighted by atomic mass is 9.95. The third kappa shape index (κ3) is 4.57. The predicted molar refractivity (Wildman–Crippen MR) is 140 cm³/mol. The zero-order valence-electron chi connectivity index (χ0n) is 21.3. The van der Waals surface area contributed by atoms with E-state index in [2.05, 4.69) is 9.89 Å². The minimum Gasteiger partial charge on any atom is -0.497 e. The van der Waals surface area contributed by atoms with Crippen molar-refractivity contribution in [1.82, 2.24) is 4.57 Å². The average molecular weight is 524 g/mol. The predicted octanol–water partition coefficient (Wildman–Crippen LogP) is 3.01. The minimum absolute atomic E-state index is 0.273. The van der Waals surface area contributed by atoms with Crippen LogP contribution in [0.2, 0.25) is 0 Å². The van der Waals surface area contributed by atoms with Crippen molar-refractivity contribution in [3.8, 4) is 11.5 Å². The second kappa shape index (κ2) is 10.3. The Bertz CT molecular complexity index is 1540. The van der Waals surface area contributed by atoms with E-state index in [9.17, 15) is 9.59 Å². The summed E-state index contributed by atoms with van der Waals surface area (Å²) in [7, 11) is 4.41. The van der Waals surface area contributed by atoms with Crippen molar-refractivity contribution in [2.75, 3.05) is 39.3 Å². The summed E-state index contributed by atoms with van der Waals surface area (Å²) in [6.45, 7) is 3.67. The van der Waals surface area contributed by atoms with Gasteiger partial charge in [0, 0.05) is 36.9 Å². The first-order valence-electron chi connectivity index (χ1n) is 12.1. The lowest BCUT2D eigenvalue weighted by Gasteiger charge is -2.26. The summed E-state index contributed by atoms with van der Waals surface area (Å²) in [6, 6.07) is 8.31. The van der Waals surface area contributed by atoms with E-state index >= 15 is 0 Å². The Balaban J connectivity index is 1.65. The number of ether oxygens (including phenoxy) is 3. The van der Waals surface area contributed by atoms with Gasteiger partial charge in [-0.2, -0.15) is 0 Å². The Labute approximate surface area is 217 Å². The van der Waals surface area contributed by atoms with Crippen molar-refractivity contribution in [1.29, 1.82) is 0 Å². The van der Waals surface area contributed by atoms with Crippen LogP contribution in [0.25, 0.3) is 6.08 Å². The van der Waals surface area contributed by atoms with Crippen LogP contribution in [-0.2, 0) is 9.53 Å². The molecule has 4 heterocycles. The molecule has 0 amide bonds. The van der Waals surface area contributed by atoms with Gasteiger partial charge in [-0.15, -0.1) is 0 Å². The number of hydrogen-bond donors (Lipinski definition) is 0. The summed E-state index contributed by atoms with van der Waals surface area (Å²) in [4.78, 5) is 34.0. The molecule has 5 rings (SSSR count). The third-order valence-electron chi connectivity index (χ3n) is 6.72. The van der Waals surface area contributed by atoms with Crippen LogP contribution in [0, 0.1) is 0 Å². The normalized spacial score (nSPS) is 17.9. The molecule has 0 bridgehead atoms. The first-order chi connectivity index (χ1) is 17.9. The Hall–Kier alpha value is -3.79. The number of nitrogens with zero attached hydrogens (tertiary/aromatic N) is 3. The highest BCUT2D eigenvalue weighted by atomic mass is 32.1. The molecule has 0 radical (unpaired) electrons. The number of hydrogen-bond acceptors (Lipinski definition) is 9. The number of benzene rings is 1. The number of furan rings is 1. The molecular weight excluding hydrogens is 494 g/mol. The molecule has 2 aromatic heterocycles. The quantitative estimate of drug-likeness (QED) is 0.459. The highest BCUT2D eigenvalue weighted by molar-refractivity contribution is 7.07. The molecule has 0 spiro atoms. The summed E-state index contributed by atoms with van der Waals surface area (Å²) in [5.41, 5.74) is 1.09. The standard InChI is InChI=1S/C27H29N3O6S/c1-16-23(26(32)35-4)24(19-10-8-17(33-2)14-20(19)34-3)30-25(31)21(37-27(30)28-16)15-18-9-11-22(36-18)29-12-6-5-7-13-29/h8-11,14-15,24H,5-7,12-13H2,1-4H3/b21-15-. The van der Waals surface area contributed by atoms with Crippen molar-refractivity contribution in [2.45, 2.75) is 32.2 Å². The smallest absolute Gasteiger partial charge is 0.338 e. The molecule has 1 aromatic carbocycles. The molecule has 9 nitrogen and oxygen atoms in total. The maximum Gasteiger partial charge on any atom is 0.338 e. The molecule has 3 aromatic rings. The van der Waals surface area contributed by atoms with Gasteiger partial charge < -0.3 is 23.5 Å². The summed E-state index contributed by atoms with van der Waals surface area (Å²) in [6.07, 6.45) is 5.26. The fourth-order valence-electron chi connectivity index (χ4n) is 4.86. The molecule has 1 fully saturated rings. The second-order valence-corrected chi connectivity index (χ2v) is 9.91. The number of thiazole rings is 1. The fourth-order valence-corrected chi connectivity index (χ4v) is 5.89. The number of carbonyl (C=O) groups excluding carboxylic acids is 1. The monoisotopic (exact) mass is 523 g/mol. The van der Waals surface area contributed by atoms with Crippen LogP contribution in [0.5, 0.6) is 11.5 Å². The number of carbonyl (C=O) groups is 1. The molecule has 1 saturated heterocycles. The lowest BCUT2D eigenvalue weighted by Crippen LogP contribution is -2.40. The maximum absolute atomic E-state index is 13.8. The number of methoxy groups -OCH3 is 3. The molecule has 2 aliphatic heterocycles. The van der Waals surface area contributed by atoms with Gasteiger partial charge in [-0.3, -0.25) is 9.36 Å². The summed E-state index contributed by atoms with van der Waals surface area (Å²) >= 11 is 1.25. The number of piperidine rings is 1.